The van der Waals surface area contributed by atoms with Gasteiger partial charge in [0.25, 0.3) is 0 Å². The molecule has 18 heavy (non-hydrogen) atoms. The van der Waals surface area contributed by atoms with Crippen molar-refractivity contribution in [3.8, 4) is 0 Å². The molecule has 113 valence electrons. The molecule has 0 spiro atoms. The Morgan fingerprint density at radius 1 is 0.833 bits per heavy atom. The molecular weight excluding hydrogens is 477 g/mol. The third-order valence-corrected chi connectivity index (χ3v) is 5.06. The minimum atomic E-state index is -0.722. The van der Waals surface area contributed by atoms with E-state index >= 15 is 0 Å². The van der Waals surface area contributed by atoms with E-state index in [2.05, 4.69) is 59.9 Å². The summed E-state index contributed by atoms with van der Waals surface area (Å²) in [7, 11) is 9.83. The van der Waals surface area contributed by atoms with Crippen molar-refractivity contribution in [3.63, 3.8) is 0 Å². The van der Waals surface area contributed by atoms with Crippen molar-refractivity contribution >= 4 is 44.3 Å². The molecule has 0 aromatic rings. The second-order valence-corrected chi connectivity index (χ2v) is 9.71. The summed E-state index contributed by atoms with van der Waals surface area (Å²) in [4.78, 5) is 0. The predicted molar refractivity (Wildman–Crippen MR) is 86.6 cm³/mol. The fourth-order valence-corrected chi connectivity index (χ4v) is 2.96. The van der Waals surface area contributed by atoms with Gasteiger partial charge in [0.15, 0.2) is 0 Å². The molecular formula is C13H26Cl2ReS2-2. The normalized spacial score (nSPS) is 34.2. The fraction of sp³-hybridized carbons (Fsp3) is 1.00. The Kier molecular flexibility index (Phi) is 17.2. The zero-order chi connectivity index (χ0) is 14.7. The third-order valence-electron chi connectivity index (χ3n) is 4.39. The van der Waals surface area contributed by atoms with Crippen LogP contribution in [0.5, 0.6) is 0 Å². The molecule has 1 aliphatic carbocycles. The minimum Gasteiger partial charge on any atom is -0.794 e. The van der Waals surface area contributed by atoms with E-state index in [0.29, 0.717) is 0 Å². The minimum absolute atomic E-state index is 0.718. The summed E-state index contributed by atoms with van der Waals surface area (Å²) in [5.74, 6) is 6.20. The molecule has 0 heterocycles. The van der Waals surface area contributed by atoms with Crippen LogP contribution in [-0.2, 0) is 41.2 Å². The van der Waals surface area contributed by atoms with E-state index in [-0.39, 0.29) is 0 Å². The van der Waals surface area contributed by atoms with Crippen LogP contribution >= 0.6 is 19.1 Å². The summed E-state index contributed by atoms with van der Waals surface area (Å²) in [5, 5.41) is 0. The molecule has 1 saturated carbocycles. The van der Waals surface area contributed by atoms with Gasteiger partial charge in [0.1, 0.15) is 0 Å². The van der Waals surface area contributed by atoms with E-state index in [1.807, 2.05) is 0 Å². The van der Waals surface area contributed by atoms with Gasteiger partial charge in [-0.25, -0.2) is 0 Å². The van der Waals surface area contributed by atoms with E-state index in [4.69, 9.17) is 19.1 Å². The van der Waals surface area contributed by atoms with Crippen molar-refractivity contribution in [2.24, 2.45) is 29.6 Å². The molecule has 0 amide bonds. The van der Waals surface area contributed by atoms with Crippen LogP contribution in [0.15, 0.2) is 0 Å². The molecule has 4 unspecified atom stereocenters. The number of halogens is 2. The Labute approximate surface area is 141 Å². The second kappa shape index (κ2) is 13.9. The molecule has 0 aliphatic heterocycles. The van der Waals surface area contributed by atoms with Crippen LogP contribution in [0.4, 0.5) is 0 Å². The van der Waals surface area contributed by atoms with Gasteiger partial charge in [-0.2, -0.15) is 11.5 Å². The average Bonchev–Trinajstić information content (AvgIpc) is 2.55. The second-order valence-electron chi connectivity index (χ2n) is 4.97. The van der Waals surface area contributed by atoms with Gasteiger partial charge in [0.2, 0.25) is 0 Å². The fourth-order valence-electron chi connectivity index (χ4n) is 2.96. The van der Waals surface area contributed by atoms with Crippen LogP contribution in [0.1, 0.15) is 41.0 Å². The van der Waals surface area contributed by atoms with Gasteiger partial charge in [0.05, 0.1) is 0 Å². The SMILES string of the molecule is CCC1C(C)C(C)C(C)C1C.[Cl][Re][Cl].[S-]CC[S-]. The Bertz CT molecular complexity index is 168. The molecule has 1 rings (SSSR count). The van der Waals surface area contributed by atoms with Crippen molar-refractivity contribution in [1.29, 1.82) is 0 Å². The van der Waals surface area contributed by atoms with Crippen molar-refractivity contribution < 1.29 is 15.9 Å². The maximum absolute atomic E-state index is 4.92. The van der Waals surface area contributed by atoms with Crippen LogP contribution in [0.25, 0.3) is 0 Å². The van der Waals surface area contributed by atoms with Crippen LogP contribution < -0.4 is 0 Å². The van der Waals surface area contributed by atoms with Gasteiger partial charge in [0, 0.05) is 0 Å². The third kappa shape index (κ3) is 8.28. The van der Waals surface area contributed by atoms with E-state index in [9.17, 15) is 0 Å². The van der Waals surface area contributed by atoms with Crippen LogP contribution in [0.2, 0.25) is 0 Å². The Hall–Kier alpha value is 1.94. The summed E-state index contributed by atoms with van der Waals surface area (Å²) in [5.41, 5.74) is 0. The molecule has 0 bridgehead atoms. The first-order chi connectivity index (χ1) is 8.42. The molecule has 1 fully saturated rings. The monoisotopic (exact) mass is 503 g/mol. The van der Waals surface area contributed by atoms with Crippen molar-refractivity contribution in [3.05, 3.63) is 0 Å². The van der Waals surface area contributed by atoms with Crippen LogP contribution in [-0.4, -0.2) is 11.5 Å². The predicted octanol–water partition coefficient (Wildman–Crippen LogP) is 5.03. The summed E-state index contributed by atoms with van der Waals surface area (Å²) in [6.07, 6.45) is 1.37. The molecule has 0 aromatic carbocycles. The average molecular weight is 504 g/mol. The van der Waals surface area contributed by atoms with Crippen LogP contribution in [0, 0.1) is 29.6 Å². The molecule has 0 nitrogen and oxygen atoms in total. The molecule has 0 aromatic heterocycles. The summed E-state index contributed by atoms with van der Waals surface area (Å²) in [6, 6.07) is 0. The largest absolute Gasteiger partial charge is 0.794 e. The Morgan fingerprint density at radius 2 is 1.11 bits per heavy atom. The quantitative estimate of drug-likeness (QED) is 0.485. The molecule has 5 heteroatoms. The molecule has 0 radical (unpaired) electrons. The molecule has 4 atom stereocenters. The Morgan fingerprint density at radius 3 is 1.22 bits per heavy atom. The van der Waals surface area contributed by atoms with Gasteiger partial charge < -0.3 is 25.3 Å². The molecule has 1 aliphatic rings. The topological polar surface area (TPSA) is 0 Å². The number of rotatable bonds is 2. The van der Waals surface area contributed by atoms with Gasteiger partial charge in [-0.3, -0.25) is 0 Å². The maximum Gasteiger partial charge on any atom is -0.199 e. The van der Waals surface area contributed by atoms with E-state index < -0.39 is 15.9 Å². The molecule has 0 saturated heterocycles. The zero-order valence-corrected chi connectivity index (χ0v) is 17.8. The van der Waals surface area contributed by atoms with Gasteiger partial charge in [-0.1, -0.05) is 41.0 Å². The van der Waals surface area contributed by atoms with E-state index in [1.165, 1.54) is 6.42 Å². The summed E-state index contributed by atoms with van der Waals surface area (Å²) >= 11 is 8.18. The zero-order valence-electron chi connectivity index (χ0n) is 12.0. The van der Waals surface area contributed by atoms with Crippen molar-refractivity contribution in [2.75, 3.05) is 11.5 Å². The first-order valence-electron chi connectivity index (χ1n) is 6.45. The van der Waals surface area contributed by atoms with E-state index in [0.717, 1.165) is 41.1 Å². The Balaban J connectivity index is 0. The van der Waals surface area contributed by atoms with Crippen LogP contribution in [0.3, 0.4) is 0 Å². The van der Waals surface area contributed by atoms with E-state index in [1.54, 1.807) is 0 Å². The molecule has 0 N–H and O–H groups in total. The first kappa shape index (κ1) is 22.2. The summed E-state index contributed by atoms with van der Waals surface area (Å²) in [6.45, 7) is 12.0. The number of hydrogen-bond donors (Lipinski definition) is 0. The van der Waals surface area contributed by atoms with Gasteiger partial charge in [-0.15, -0.1) is 0 Å². The summed E-state index contributed by atoms with van der Waals surface area (Å²) < 4.78 is 0. The van der Waals surface area contributed by atoms with Crippen molar-refractivity contribution in [2.45, 2.75) is 41.0 Å². The standard InChI is InChI=1S/C11H22.C2H6S2.2ClH.Re/c1-6-11-9(4)7(2)8(3)10(11)5;3-1-2-4;;;/h7-11H,6H2,1-5H3;3-4H,1-2H2;2*1H;/q;;;;+2/p-4. The maximum atomic E-state index is 4.92. The first-order valence-corrected chi connectivity index (χ1v) is 14.3. The van der Waals surface area contributed by atoms with Gasteiger partial charge >= 0.3 is 35.0 Å². The van der Waals surface area contributed by atoms with Crippen molar-refractivity contribution in [1.82, 2.24) is 0 Å². The van der Waals surface area contributed by atoms with Gasteiger partial charge in [-0.05, 0) is 29.6 Å². The smallest absolute Gasteiger partial charge is 0.199 e. The number of hydrogen-bond acceptors (Lipinski definition) is 2.